The van der Waals surface area contributed by atoms with Crippen LogP contribution in [0.25, 0.3) is 0 Å². The molecular formula is C6H11NO. The molecular weight excluding hydrogens is 102 g/mol. The van der Waals surface area contributed by atoms with E-state index in [0.717, 1.165) is 6.29 Å². The zero-order chi connectivity index (χ0) is 6.41. The number of aldehydes is 1. The maximum absolute atomic E-state index is 9.67. The predicted octanol–water partition coefficient (Wildman–Crippen LogP) is 0.912. The van der Waals surface area contributed by atoms with Crippen molar-refractivity contribution in [3.63, 3.8) is 0 Å². The molecule has 0 aromatic heterocycles. The van der Waals surface area contributed by atoms with E-state index in [9.17, 15) is 4.79 Å². The average Bonchev–Trinajstić information content (AvgIpc) is 1.66. The highest BCUT2D eigenvalue weighted by Gasteiger charge is 1.81. The van der Waals surface area contributed by atoms with Crippen molar-refractivity contribution in [2.45, 2.75) is 13.8 Å². The van der Waals surface area contributed by atoms with E-state index in [1.165, 1.54) is 0 Å². The molecule has 0 aromatic rings. The summed E-state index contributed by atoms with van der Waals surface area (Å²) in [5.41, 5.74) is 0. The molecule has 0 radical (unpaired) electrons. The molecule has 0 aliphatic carbocycles. The molecule has 0 N–H and O–H groups in total. The van der Waals surface area contributed by atoms with Gasteiger partial charge >= 0.3 is 0 Å². The van der Waals surface area contributed by atoms with Crippen molar-refractivity contribution >= 4 is 12.5 Å². The van der Waals surface area contributed by atoms with Crippen LogP contribution in [0.5, 0.6) is 0 Å². The Kier molecular flexibility index (Phi) is 4.13. The molecule has 0 fully saturated rings. The molecule has 2 heteroatoms. The molecule has 0 heterocycles. The van der Waals surface area contributed by atoms with Gasteiger partial charge in [0.2, 0.25) is 0 Å². The molecule has 2 nitrogen and oxygen atoms in total. The van der Waals surface area contributed by atoms with E-state index in [1.54, 1.807) is 6.21 Å². The van der Waals surface area contributed by atoms with Crippen molar-refractivity contribution in [2.24, 2.45) is 10.9 Å². The van der Waals surface area contributed by atoms with Gasteiger partial charge in [0.15, 0.2) is 0 Å². The molecule has 0 amide bonds. The molecule has 0 atom stereocenters. The maximum Gasteiger partial charge on any atom is 0.141 e. The molecule has 0 aromatic carbocycles. The van der Waals surface area contributed by atoms with Crippen LogP contribution in [0.2, 0.25) is 0 Å². The first-order chi connectivity index (χ1) is 3.77. The number of aliphatic imine (C=N–C) groups is 1. The van der Waals surface area contributed by atoms with Crippen molar-refractivity contribution in [2.75, 3.05) is 6.54 Å². The number of carbonyl (C=O) groups is 1. The van der Waals surface area contributed by atoms with Crippen LogP contribution in [-0.4, -0.2) is 19.0 Å². The highest BCUT2D eigenvalue weighted by atomic mass is 16.1. The lowest BCUT2D eigenvalue weighted by atomic mass is 10.2. The zero-order valence-corrected chi connectivity index (χ0v) is 5.29. The van der Waals surface area contributed by atoms with Gasteiger partial charge in [-0.1, -0.05) is 13.8 Å². The van der Waals surface area contributed by atoms with Crippen LogP contribution in [0, 0.1) is 5.92 Å². The fourth-order valence-corrected chi connectivity index (χ4v) is 0.315. The van der Waals surface area contributed by atoms with Crippen LogP contribution in [0.15, 0.2) is 4.99 Å². The van der Waals surface area contributed by atoms with Crippen LogP contribution in [0.1, 0.15) is 13.8 Å². The van der Waals surface area contributed by atoms with Gasteiger partial charge < -0.3 is 4.79 Å². The third-order valence-electron chi connectivity index (χ3n) is 0.583. The van der Waals surface area contributed by atoms with Gasteiger partial charge in [0.25, 0.3) is 0 Å². The van der Waals surface area contributed by atoms with Crippen molar-refractivity contribution in [3.05, 3.63) is 0 Å². The predicted molar refractivity (Wildman–Crippen MR) is 34.3 cm³/mol. The van der Waals surface area contributed by atoms with E-state index in [1.807, 2.05) is 13.8 Å². The van der Waals surface area contributed by atoms with Crippen molar-refractivity contribution in [3.8, 4) is 0 Å². The highest BCUT2D eigenvalue weighted by molar-refractivity contribution is 5.63. The summed E-state index contributed by atoms with van der Waals surface area (Å²) in [7, 11) is 0. The molecule has 0 saturated carbocycles. The summed E-state index contributed by atoms with van der Waals surface area (Å²) in [6, 6.07) is 0. The maximum atomic E-state index is 9.67. The lowest BCUT2D eigenvalue weighted by molar-refractivity contribution is -0.106. The fourth-order valence-electron chi connectivity index (χ4n) is 0.315. The van der Waals surface area contributed by atoms with Crippen molar-refractivity contribution < 1.29 is 4.79 Å². The third-order valence-corrected chi connectivity index (χ3v) is 0.583. The Bertz CT molecular complexity index is 86.5. The monoisotopic (exact) mass is 113 g/mol. The minimum atomic E-state index is 0.304. The van der Waals surface area contributed by atoms with Crippen LogP contribution in [0.4, 0.5) is 0 Å². The molecule has 46 valence electrons. The number of hydrogen-bond donors (Lipinski definition) is 0. The first kappa shape index (κ1) is 7.34. The number of rotatable bonds is 3. The largest absolute Gasteiger partial charge is 0.301 e. The van der Waals surface area contributed by atoms with Gasteiger partial charge in [-0.3, -0.25) is 4.99 Å². The molecule has 0 aliphatic heterocycles. The fraction of sp³-hybridized carbons (Fsp3) is 0.667. The van der Waals surface area contributed by atoms with E-state index in [0.29, 0.717) is 12.5 Å². The van der Waals surface area contributed by atoms with E-state index in [2.05, 4.69) is 4.99 Å². The summed E-state index contributed by atoms with van der Waals surface area (Å²) in [6.45, 7) is 4.35. The van der Waals surface area contributed by atoms with Gasteiger partial charge in [0.05, 0.1) is 6.54 Å². The first-order valence-corrected chi connectivity index (χ1v) is 2.71. The van der Waals surface area contributed by atoms with E-state index in [4.69, 9.17) is 0 Å². The number of nitrogens with zero attached hydrogens (tertiary/aromatic N) is 1. The smallest absolute Gasteiger partial charge is 0.141 e. The van der Waals surface area contributed by atoms with Gasteiger partial charge in [-0.15, -0.1) is 0 Å². The lowest BCUT2D eigenvalue weighted by Gasteiger charge is -1.88. The number of carbonyl (C=O) groups excluding carboxylic acids is 1. The molecule has 0 saturated heterocycles. The van der Waals surface area contributed by atoms with Gasteiger partial charge in [0, 0.05) is 6.21 Å². The third kappa shape index (κ3) is 5.34. The Morgan fingerprint density at radius 3 is 2.62 bits per heavy atom. The van der Waals surface area contributed by atoms with Crippen molar-refractivity contribution in [1.29, 1.82) is 0 Å². The summed E-state index contributed by atoms with van der Waals surface area (Å²) >= 11 is 0. The minimum absolute atomic E-state index is 0.304. The van der Waals surface area contributed by atoms with Crippen molar-refractivity contribution in [1.82, 2.24) is 0 Å². The SMILES string of the molecule is CC(C)C=NCC=O. The summed E-state index contributed by atoms with van der Waals surface area (Å²) in [5, 5.41) is 0. The van der Waals surface area contributed by atoms with Gasteiger partial charge in [-0.05, 0) is 5.92 Å². The van der Waals surface area contributed by atoms with Gasteiger partial charge in [0.1, 0.15) is 6.29 Å². The van der Waals surface area contributed by atoms with E-state index >= 15 is 0 Å². The molecule has 0 rings (SSSR count). The molecule has 0 spiro atoms. The summed E-state index contributed by atoms with van der Waals surface area (Å²) in [6.07, 6.45) is 2.56. The standard InChI is InChI=1S/C6H11NO/c1-6(2)5-7-3-4-8/h4-6H,3H2,1-2H3. The van der Waals surface area contributed by atoms with Crippen LogP contribution in [0.3, 0.4) is 0 Å². The Morgan fingerprint density at radius 1 is 1.62 bits per heavy atom. The van der Waals surface area contributed by atoms with Crippen LogP contribution >= 0.6 is 0 Å². The average molecular weight is 113 g/mol. The normalized spacial score (nSPS) is 10.9. The second-order valence-corrected chi connectivity index (χ2v) is 1.92. The first-order valence-electron chi connectivity index (χ1n) is 2.71. The Morgan fingerprint density at radius 2 is 2.25 bits per heavy atom. The molecule has 8 heavy (non-hydrogen) atoms. The van der Waals surface area contributed by atoms with Crippen LogP contribution in [-0.2, 0) is 4.79 Å². The zero-order valence-electron chi connectivity index (χ0n) is 5.29. The van der Waals surface area contributed by atoms with Crippen LogP contribution < -0.4 is 0 Å². The van der Waals surface area contributed by atoms with E-state index in [-0.39, 0.29) is 0 Å². The lowest BCUT2D eigenvalue weighted by Crippen LogP contribution is -1.89. The Balaban J connectivity index is 3.19. The minimum Gasteiger partial charge on any atom is -0.301 e. The molecule has 0 bridgehead atoms. The molecule has 0 aliphatic rings. The van der Waals surface area contributed by atoms with Gasteiger partial charge in [-0.2, -0.15) is 0 Å². The van der Waals surface area contributed by atoms with E-state index < -0.39 is 0 Å². The Hall–Kier alpha value is -0.660. The quantitative estimate of drug-likeness (QED) is 0.395. The second-order valence-electron chi connectivity index (χ2n) is 1.92. The number of hydrogen-bond acceptors (Lipinski definition) is 2. The summed E-state index contributed by atoms with van der Waals surface area (Å²) in [4.78, 5) is 13.5. The second kappa shape index (κ2) is 4.50. The Labute approximate surface area is 49.6 Å². The summed E-state index contributed by atoms with van der Waals surface area (Å²) < 4.78 is 0. The topological polar surface area (TPSA) is 29.4 Å². The summed E-state index contributed by atoms with van der Waals surface area (Å²) in [5.74, 6) is 0.454. The molecule has 0 unspecified atom stereocenters. The highest BCUT2D eigenvalue weighted by Crippen LogP contribution is 1.83. The van der Waals surface area contributed by atoms with Gasteiger partial charge in [-0.25, -0.2) is 0 Å².